The molecule has 1 aromatic heterocycles. The number of rotatable bonds is 3. The molecule has 0 atom stereocenters. The van der Waals surface area contributed by atoms with E-state index < -0.39 is 5.97 Å². The minimum atomic E-state index is -0.467. The van der Waals surface area contributed by atoms with Gasteiger partial charge < -0.3 is 4.74 Å². The van der Waals surface area contributed by atoms with Gasteiger partial charge in [-0.2, -0.15) is 5.26 Å². The Balaban J connectivity index is 2.84. The van der Waals surface area contributed by atoms with Gasteiger partial charge in [0.25, 0.3) is 0 Å². The summed E-state index contributed by atoms with van der Waals surface area (Å²) in [6, 6.07) is 4.80. The van der Waals surface area contributed by atoms with Crippen LogP contribution in [0.1, 0.15) is 25.8 Å². The number of nitriles is 1. The lowest BCUT2D eigenvalue weighted by Gasteiger charge is -1.91. The fraction of sp³-hybridized carbons (Fsp3) is 0.222. The molecule has 0 aliphatic heterocycles. The smallest absolute Gasteiger partial charge is 0.348 e. The number of thiophene rings is 1. The third-order valence-electron chi connectivity index (χ3n) is 1.51. The van der Waals surface area contributed by atoms with Crippen LogP contribution in [0.2, 0.25) is 0 Å². The fourth-order valence-electron chi connectivity index (χ4n) is 0.857. The summed E-state index contributed by atoms with van der Waals surface area (Å²) in [6.07, 6.45) is -0.166. The summed E-state index contributed by atoms with van der Waals surface area (Å²) in [5.74, 6) is -0.737. The first-order valence-corrected chi connectivity index (χ1v) is 4.59. The molecule has 0 saturated carbocycles. The van der Waals surface area contributed by atoms with Gasteiger partial charge in [-0.1, -0.05) is 0 Å². The first-order chi connectivity index (χ1) is 6.69. The third kappa shape index (κ3) is 2.18. The second kappa shape index (κ2) is 4.53. The number of methoxy groups -OCH3 is 1. The molecular formula is C9H7NO3S. The Morgan fingerprint density at radius 1 is 1.50 bits per heavy atom. The van der Waals surface area contributed by atoms with Crippen LogP contribution in [-0.2, 0) is 4.74 Å². The molecule has 0 radical (unpaired) electrons. The van der Waals surface area contributed by atoms with Crippen LogP contribution in [0.5, 0.6) is 0 Å². The minimum Gasteiger partial charge on any atom is -0.465 e. The van der Waals surface area contributed by atoms with E-state index in [9.17, 15) is 9.59 Å². The summed E-state index contributed by atoms with van der Waals surface area (Å²) in [6.45, 7) is 0. The number of ether oxygens (including phenoxy) is 1. The topological polar surface area (TPSA) is 67.2 Å². The van der Waals surface area contributed by atoms with E-state index in [1.165, 1.54) is 19.2 Å². The molecule has 4 nitrogen and oxygen atoms in total. The van der Waals surface area contributed by atoms with Crippen molar-refractivity contribution in [2.75, 3.05) is 7.11 Å². The quantitative estimate of drug-likeness (QED) is 0.560. The molecule has 0 fully saturated rings. The van der Waals surface area contributed by atoms with Crippen molar-refractivity contribution >= 4 is 23.1 Å². The summed E-state index contributed by atoms with van der Waals surface area (Å²) in [5.41, 5.74) is 0. The van der Waals surface area contributed by atoms with E-state index in [1.807, 2.05) is 0 Å². The molecule has 0 aliphatic rings. The van der Waals surface area contributed by atoms with Gasteiger partial charge in [-0.25, -0.2) is 4.79 Å². The largest absolute Gasteiger partial charge is 0.465 e. The second-order valence-electron chi connectivity index (χ2n) is 2.41. The Morgan fingerprint density at radius 3 is 2.71 bits per heavy atom. The predicted octanol–water partition coefficient (Wildman–Crippen LogP) is 1.63. The van der Waals surface area contributed by atoms with Crippen LogP contribution in [0.15, 0.2) is 12.1 Å². The van der Waals surface area contributed by atoms with Crippen LogP contribution in [0.4, 0.5) is 0 Å². The second-order valence-corrected chi connectivity index (χ2v) is 3.50. The number of Topliss-reactive ketones (excluding diaryl/α,β-unsaturated/α-hetero) is 1. The van der Waals surface area contributed by atoms with Gasteiger partial charge in [0.05, 0.1) is 24.5 Å². The van der Waals surface area contributed by atoms with Crippen LogP contribution in [-0.4, -0.2) is 18.9 Å². The molecule has 0 aliphatic carbocycles. The Labute approximate surface area is 84.7 Å². The molecule has 0 bridgehead atoms. The van der Waals surface area contributed by atoms with E-state index in [-0.39, 0.29) is 12.2 Å². The number of hydrogen-bond donors (Lipinski definition) is 0. The highest BCUT2D eigenvalue weighted by Crippen LogP contribution is 2.18. The molecule has 72 valence electrons. The van der Waals surface area contributed by atoms with Crippen molar-refractivity contribution in [2.45, 2.75) is 6.42 Å². The molecule has 1 heterocycles. The van der Waals surface area contributed by atoms with Gasteiger partial charge in [0.2, 0.25) is 0 Å². The zero-order valence-corrected chi connectivity index (χ0v) is 8.26. The first-order valence-electron chi connectivity index (χ1n) is 3.77. The maximum absolute atomic E-state index is 11.2. The maximum Gasteiger partial charge on any atom is 0.348 e. The standard InChI is InChI=1S/C9H7NO3S/c1-13-9(12)8-3-2-7(14-8)6(11)4-5-10/h2-3H,4H2,1H3. The van der Waals surface area contributed by atoms with Gasteiger partial charge in [-0.15, -0.1) is 11.3 Å². The Kier molecular flexibility index (Phi) is 3.37. The number of carbonyl (C=O) groups excluding carboxylic acids is 2. The van der Waals surface area contributed by atoms with E-state index in [0.29, 0.717) is 9.75 Å². The van der Waals surface area contributed by atoms with Crippen molar-refractivity contribution < 1.29 is 14.3 Å². The van der Waals surface area contributed by atoms with E-state index in [2.05, 4.69) is 4.74 Å². The fourth-order valence-corrected chi connectivity index (χ4v) is 1.72. The lowest BCUT2D eigenvalue weighted by molar-refractivity contribution is 0.0606. The van der Waals surface area contributed by atoms with E-state index in [4.69, 9.17) is 5.26 Å². The van der Waals surface area contributed by atoms with Gasteiger partial charge in [0, 0.05) is 0 Å². The number of ketones is 1. The maximum atomic E-state index is 11.2. The molecular weight excluding hydrogens is 202 g/mol. The average molecular weight is 209 g/mol. The number of carbonyl (C=O) groups is 2. The summed E-state index contributed by atoms with van der Waals surface area (Å²) in [4.78, 5) is 23.0. The van der Waals surface area contributed by atoms with Gasteiger partial charge >= 0.3 is 5.97 Å². The van der Waals surface area contributed by atoms with Crippen LogP contribution < -0.4 is 0 Å². The zero-order chi connectivity index (χ0) is 10.6. The summed E-state index contributed by atoms with van der Waals surface area (Å²) in [5, 5.41) is 8.30. The lowest BCUT2D eigenvalue weighted by atomic mass is 10.2. The van der Waals surface area contributed by atoms with E-state index in [1.54, 1.807) is 6.07 Å². The van der Waals surface area contributed by atoms with Crippen LogP contribution in [0.3, 0.4) is 0 Å². The van der Waals surface area contributed by atoms with Crippen molar-refractivity contribution in [1.29, 1.82) is 5.26 Å². The highest BCUT2D eigenvalue weighted by atomic mass is 32.1. The number of nitrogens with zero attached hydrogens (tertiary/aromatic N) is 1. The van der Waals surface area contributed by atoms with Crippen molar-refractivity contribution in [3.63, 3.8) is 0 Å². The van der Waals surface area contributed by atoms with Crippen molar-refractivity contribution in [3.8, 4) is 6.07 Å². The van der Waals surface area contributed by atoms with Crippen LogP contribution in [0, 0.1) is 11.3 Å². The van der Waals surface area contributed by atoms with E-state index >= 15 is 0 Å². The van der Waals surface area contributed by atoms with Crippen molar-refractivity contribution in [2.24, 2.45) is 0 Å². The SMILES string of the molecule is COC(=O)c1ccc(C(=O)CC#N)s1. The number of esters is 1. The molecule has 0 unspecified atom stereocenters. The average Bonchev–Trinajstić information content (AvgIpc) is 2.66. The van der Waals surface area contributed by atoms with Crippen LogP contribution >= 0.6 is 11.3 Å². The molecule has 1 aromatic rings. The predicted molar refractivity (Wildman–Crippen MR) is 50.2 cm³/mol. The third-order valence-corrected chi connectivity index (χ3v) is 2.61. The highest BCUT2D eigenvalue weighted by Gasteiger charge is 2.13. The number of hydrogen-bond acceptors (Lipinski definition) is 5. The monoisotopic (exact) mass is 209 g/mol. The first kappa shape index (κ1) is 10.4. The highest BCUT2D eigenvalue weighted by molar-refractivity contribution is 7.15. The normalized spacial score (nSPS) is 9.14. The molecule has 0 saturated heterocycles. The van der Waals surface area contributed by atoms with Crippen molar-refractivity contribution in [1.82, 2.24) is 0 Å². The molecule has 5 heteroatoms. The van der Waals surface area contributed by atoms with Crippen molar-refractivity contribution in [3.05, 3.63) is 21.9 Å². The molecule has 0 aromatic carbocycles. The molecule has 0 amide bonds. The Hall–Kier alpha value is -1.67. The van der Waals surface area contributed by atoms with Gasteiger partial charge in [0.1, 0.15) is 4.88 Å². The summed E-state index contributed by atoms with van der Waals surface area (Å²) >= 11 is 1.04. The molecule has 14 heavy (non-hydrogen) atoms. The van der Waals surface area contributed by atoms with E-state index in [0.717, 1.165) is 11.3 Å². The molecule has 0 N–H and O–H groups in total. The van der Waals surface area contributed by atoms with Gasteiger partial charge in [-0.05, 0) is 12.1 Å². The Bertz CT molecular complexity index is 402. The summed E-state index contributed by atoms with van der Waals surface area (Å²) in [7, 11) is 1.28. The van der Waals surface area contributed by atoms with Gasteiger partial charge in [-0.3, -0.25) is 4.79 Å². The lowest BCUT2D eigenvalue weighted by Crippen LogP contribution is -1.97. The summed E-state index contributed by atoms with van der Waals surface area (Å²) < 4.78 is 4.48. The zero-order valence-electron chi connectivity index (χ0n) is 7.44. The minimum absolute atomic E-state index is 0.166. The van der Waals surface area contributed by atoms with Crippen LogP contribution in [0.25, 0.3) is 0 Å². The molecule has 1 rings (SSSR count). The van der Waals surface area contributed by atoms with Gasteiger partial charge in [0.15, 0.2) is 5.78 Å². The molecule has 0 spiro atoms. The Morgan fingerprint density at radius 2 is 2.14 bits per heavy atom.